The Bertz CT molecular complexity index is 315. The quantitative estimate of drug-likeness (QED) is 0.541. The number of thioether (sulfide) groups is 1. The molecular formula is C7H8N2O3S. The molecule has 0 bridgehead atoms. The van der Waals surface area contributed by atoms with E-state index in [-0.39, 0.29) is 17.0 Å². The molecule has 70 valence electrons. The smallest absolute Gasteiger partial charge is 0.352 e. The molecular weight excluding hydrogens is 192 g/mol. The van der Waals surface area contributed by atoms with E-state index in [0.717, 1.165) is 0 Å². The topological polar surface area (TPSA) is 83.6 Å². The van der Waals surface area contributed by atoms with Gasteiger partial charge in [0.1, 0.15) is 17.1 Å². The lowest BCUT2D eigenvalue weighted by Crippen LogP contribution is -2.68. The Morgan fingerprint density at radius 2 is 2.46 bits per heavy atom. The molecule has 2 heterocycles. The number of nitrogens with two attached hydrogens (primary N) is 1. The van der Waals surface area contributed by atoms with Crippen LogP contribution in [0, 0.1) is 0 Å². The van der Waals surface area contributed by atoms with Crippen molar-refractivity contribution in [3.8, 4) is 0 Å². The highest BCUT2D eigenvalue weighted by Gasteiger charge is 2.49. The van der Waals surface area contributed by atoms with Gasteiger partial charge in [-0.1, -0.05) is 0 Å². The van der Waals surface area contributed by atoms with Crippen molar-refractivity contribution in [2.45, 2.75) is 11.4 Å². The van der Waals surface area contributed by atoms with Crippen LogP contribution in [0.15, 0.2) is 11.8 Å². The highest BCUT2D eigenvalue weighted by Crippen LogP contribution is 2.36. The molecule has 0 aliphatic carbocycles. The monoisotopic (exact) mass is 200 g/mol. The molecule has 6 heteroatoms. The molecule has 13 heavy (non-hydrogen) atoms. The van der Waals surface area contributed by atoms with Crippen molar-refractivity contribution in [3.63, 3.8) is 0 Å². The van der Waals surface area contributed by atoms with E-state index < -0.39 is 12.0 Å². The summed E-state index contributed by atoms with van der Waals surface area (Å²) < 4.78 is 0. The van der Waals surface area contributed by atoms with Crippen LogP contribution in [-0.2, 0) is 9.59 Å². The number of hydrogen-bond donors (Lipinski definition) is 2. The van der Waals surface area contributed by atoms with Crippen molar-refractivity contribution in [1.29, 1.82) is 0 Å². The maximum absolute atomic E-state index is 11.2. The van der Waals surface area contributed by atoms with Crippen molar-refractivity contribution in [2.24, 2.45) is 5.73 Å². The number of amides is 1. The first-order valence-corrected chi connectivity index (χ1v) is 4.81. The first kappa shape index (κ1) is 8.58. The summed E-state index contributed by atoms with van der Waals surface area (Å²) in [5.74, 6) is -0.763. The summed E-state index contributed by atoms with van der Waals surface area (Å²) in [4.78, 5) is 23.1. The fraction of sp³-hybridized carbons (Fsp3) is 0.429. The van der Waals surface area contributed by atoms with Gasteiger partial charge in [-0.3, -0.25) is 9.69 Å². The predicted molar refractivity (Wildman–Crippen MR) is 46.8 cm³/mol. The predicted octanol–water partition coefficient (Wildman–Crippen LogP) is -0.803. The largest absolute Gasteiger partial charge is 0.477 e. The van der Waals surface area contributed by atoms with Crippen LogP contribution in [0.5, 0.6) is 0 Å². The van der Waals surface area contributed by atoms with Gasteiger partial charge in [0.05, 0.1) is 0 Å². The fourth-order valence-electron chi connectivity index (χ4n) is 1.43. The van der Waals surface area contributed by atoms with Crippen LogP contribution >= 0.6 is 11.8 Å². The molecule has 1 amide bonds. The number of carboxylic acid groups (broad SMARTS) is 1. The molecule has 1 unspecified atom stereocenters. The van der Waals surface area contributed by atoms with Gasteiger partial charge in [-0.15, -0.1) is 11.8 Å². The third-order valence-electron chi connectivity index (χ3n) is 2.11. The summed E-state index contributed by atoms with van der Waals surface area (Å²) in [5.41, 5.74) is 5.57. The zero-order chi connectivity index (χ0) is 9.59. The van der Waals surface area contributed by atoms with E-state index >= 15 is 0 Å². The van der Waals surface area contributed by atoms with Gasteiger partial charge >= 0.3 is 5.97 Å². The minimum Gasteiger partial charge on any atom is -0.477 e. The van der Waals surface area contributed by atoms with Crippen molar-refractivity contribution in [2.75, 3.05) is 5.75 Å². The van der Waals surface area contributed by atoms with E-state index in [0.29, 0.717) is 5.75 Å². The van der Waals surface area contributed by atoms with E-state index in [9.17, 15) is 9.59 Å². The van der Waals surface area contributed by atoms with E-state index in [2.05, 4.69) is 0 Å². The summed E-state index contributed by atoms with van der Waals surface area (Å²) in [5, 5.41) is 8.57. The number of β-lactam (4-membered cyclic amide) rings is 1. The first-order chi connectivity index (χ1) is 6.13. The Morgan fingerprint density at radius 3 is 3.08 bits per heavy atom. The summed E-state index contributed by atoms with van der Waals surface area (Å²) in [6, 6.07) is -0.534. The number of carbonyl (C=O) groups excluding carboxylic acids is 1. The second kappa shape index (κ2) is 2.74. The molecule has 5 nitrogen and oxygen atoms in total. The second-order valence-electron chi connectivity index (χ2n) is 2.85. The molecule has 0 radical (unpaired) electrons. The van der Waals surface area contributed by atoms with Gasteiger partial charge in [-0.2, -0.15) is 0 Å². The third-order valence-corrected chi connectivity index (χ3v) is 3.31. The number of carboxylic acids is 1. The molecule has 2 rings (SSSR count). The van der Waals surface area contributed by atoms with E-state index in [1.807, 2.05) is 0 Å². The van der Waals surface area contributed by atoms with E-state index in [1.54, 1.807) is 0 Å². The molecule has 1 fully saturated rings. The third kappa shape index (κ3) is 1.06. The lowest BCUT2D eigenvalue weighted by atomic mass is 10.1. The molecule has 2 atom stereocenters. The first-order valence-electron chi connectivity index (χ1n) is 3.76. The average Bonchev–Trinajstić information content (AvgIpc) is 2.15. The highest BCUT2D eigenvalue weighted by atomic mass is 32.2. The lowest BCUT2D eigenvalue weighted by molar-refractivity contribution is -0.147. The molecule has 0 aromatic carbocycles. The SMILES string of the molecule is N[C@H]1C(=O)N2C(C(=O)O)=CCSC12. The summed E-state index contributed by atoms with van der Waals surface area (Å²) in [7, 11) is 0. The van der Waals surface area contributed by atoms with Crippen LogP contribution < -0.4 is 5.73 Å². The Hall–Kier alpha value is -1.01. The van der Waals surface area contributed by atoms with Crippen molar-refractivity contribution in [3.05, 3.63) is 11.8 Å². The highest BCUT2D eigenvalue weighted by molar-refractivity contribution is 8.00. The number of hydrogen-bond acceptors (Lipinski definition) is 4. The van der Waals surface area contributed by atoms with Gasteiger partial charge in [0.25, 0.3) is 0 Å². The van der Waals surface area contributed by atoms with Crippen LogP contribution in [0.3, 0.4) is 0 Å². The molecule has 0 aromatic heterocycles. The van der Waals surface area contributed by atoms with Crippen LogP contribution in [0.4, 0.5) is 0 Å². The van der Waals surface area contributed by atoms with E-state index in [1.165, 1.54) is 22.7 Å². The molecule has 0 spiro atoms. The standard InChI is InChI=1S/C7H8N2O3S/c8-4-5(10)9-3(7(11)12)1-2-13-6(4)9/h1,4,6H,2,8H2,(H,11,12)/t4-,6?/m0/s1. The number of fused-ring (bicyclic) bond motifs is 1. The molecule has 0 aromatic rings. The van der Waals surface area contributed by atoms with Crippen LogP contribution in [0.1, 0.15) is 0 Å². The summed E-state index contributed by atoms with van der Waals surface area (Å²) in [6.07, 6.45) is 1.54. The average molecular weight is 200 g/mol. The molecule has 2 aliphatic heterocycles. The Morgan fingerprint density at radius 1 is 1.77 bits per heavy atom. The molecule has 0 saturated carbocycles. The minimum absolute atomic E-state index is 0.0652. The lowest BCUT2D eigenvalue weighted by Gasteiger charge is -2.46. The Balaban J connectivity index is 2.27. The minimum atomic E-state index is -1.06. The number of nitrogens with zero attached hydrogens (tertiary/aromatic N) is 1. The maximum atomic E-state index is 11.2. The van der Waals surface area contributed by atoms with Gasteiger partial charge in [-0.05, 0) is 6.08 Å². The zero-order valence-electron chi connectivity index (χ0n) is 6.64. The fourth-order valence-corrected chi connectivity index (χ4v) is 2.58. The van der Waals surface area contributed by atoms with Gasteiger partial charge in [0.15, 0.2) is 0 Å². The van der Waals surface area contributed by atoms with Crippen molar-refractivity contribution < 1.29 is 14.7 Å². The summed E-state index contributed by atoms with van der Waals surface area (Å²) in [6.45, 7) is 0. The van der Waals surface area contributed by atoms with Gasteiger partial charge in [0, 0.05) is 5.75 Å². The van der Waals surface area contributed by atoms with E-state index in [4.69, 9.17) is 10.8 Å². The van der Waals surface area contributed by atoms with Crippen molar-refractivity contribution >= 4 is 23.6 Å². The molecule has 1 saturated heterocycles. The number of rotatable bonds is 1. The maximum Gasteiger partial charge on any atom is 0.352 e. The number of aliphatic carboxylic acids is 1. The van der Waals surface area contributed by atoms with Crippen LogP contribution in [0.25, 0.3) is 0 Å². The normalized spacial score (nSPS) is 31.9. The Kier molecular flexibility index (Phi) is 1.81. The van der Waals surface area contributed by atoms with Crippen LogP contribution in [0.2, 0.25) is 0 Å². The summed E-state index contributed by atoms with van der Waals surface area (Å²) >= 11 is 1.49. The number of carbonyl (C=O) groups is 2. The van der Waals surface area contributed by atoms with Gasteiger partial charge in [-0.25, -0.2) is 4.79 Å². The molecule has 3 N–H and O–H groups in total. The zero-order valence-corrected chi connectivity index (χ0v) is 7.45. The van der Waals surface area contributed by atoms with Gasteiger partial charge in [0.2, 0.25) is 5.91 Å². The Labute approximate surface area is 78.6 Å². The second-order valence-corrected chi connectivity index (χ2v) is 4.00. The molecule has 2 aliphatic rings. The van der Waals surface area contributed by atoms with Gasteiger partial charge < -0.3 is 10.8 Å². The van der Waals surface area contributed by atoms with Crippen LogP contribution in [-0.4, -0.2) is 39.1 Å². The van der Waals surface area contributed by atoms with Crippen molar-refractivity contribution in [1.82, 2.24) is 4.90 Å².